The van der Waals surface area contributed by atoms with Gasteiger partial charge in [0, 0.05) is 11.1 Å². The van der Waals surface area contributed by atoms with E-state index in [1.165, 1.54) is 11.3 Å². The van der Waals surface area contributed by atoms with Gasteiger partial charge in [-0.2, -0.15) is 0 Å². The zero-order valence-electron chi connectivity index (χ0n) is 10.4. The fourth-order valence-electron chi connectivity index (χ4n) is 1.70. The van der Waals surface area contributed by atoms with Gasteiger partial charge in [-0.15, -0.1) is 0 Å². The minimum absolute atomic E-state index is 0.629. The number of ether oxygens (including phenoxy) is 1. The van der Waals surface area contributed by atoms with Gasteiger partial charge in [0.15, 0.2) is 0 Å². The van der Waals surface area contributed by atoms with Crippen LogP contribution in [0.4, 0.5) is 0 Å². The standard InChI is InChI=1S/C15H12N2OS/c1-11-6-5-9-13(16-11)14-10-19-15(17-14)18-12-7-3-2-4-8-12/h2-10H,1H3. The first-order chi connectivity index (χ1) is 9.31. The number of hydrogen-bond acceptors (Lipinski definition) is 4. The Hall–Kier alpha value is -2.20. The van der Waals surface area contributed by atoms with Crippen LogP contribution in [0.1, 0.15) is 5.69 Å². The Kier molecular flexibility index (Phi) is 3.25. The Morgan fingerprint density at radius 2 is 1.74 bits per heavy atom. The molecule has 0 fully saturated rings. The largest absolute Gasteiger partial charge is 0.431 e. The van der Waals surface area contributed by atoms with Gasteiger partial charge in [-0.3, -0.25) is 4.98 Å². The Bertz CT molecular complexity index is 679. The maximum absolute atomic E-state index is 5.69. The molecule has 0 aliphatic carbocycles. The van der Waals surface area contributed by atoms with Crippen LogP contribution in [0.15, 0.2) is 53.9 Å². The lowest BCUT2D eigenvalue weighted by Gasteiger charge is -2.00. The minimum atomic E-state index is 0.629. The van der Waals surface area contributed by atoms with Gasteiger partial charge in [-0.25, -0.2) is 4.98 Å². The van der Waals surface area contributed by atoms with Crippen molar-refractivity contribution in [3.05, 3.63) is 59.6 Å². The Morgan fingerprint density at radius 1 is 0.895 bits per heavy atom. The summed E-state index contributed by atoms with van der Waals surface area (Å²) in [6.45, 7) is 1.97. The van der Waals surface area contributed by atoms with Gasteiger partial charge in [0.05, 0.1) is 5.69 Å². The van der Waals surface area contributed by atoms with Gasteiger partial charge in [0.1, 0.15) is 11.4 Å². The summed E-state index contributed by atoms with van der Waals surface area (Å²) in [5.41, 5.74) is 2.70. The summed E-state index contributed by atoms with van der Waals surface area (Å²) in [5.74, 6) is 0.792. The molecule has 0 amide bonds. The average molecular weight is 268 g/mol. The van der Waals surface area contributed by atoms with Crippen LogP contribution in [0.5, 0.6) is 10.9 Å². The first-order valence-electron chi connectivity index (χ1n) is 5.94. The molecule has 0 N–H and O–H groups in total. The topological polar surface area (TPSA) is 35.0 Å². The number of aromatic nitrogens is 2. The maximum Gasteiger partial charge on any atom is 0.279 e. The van der Waals surface area contributed by atoms with E-state index in [1.807, 2.05) is 60.8 Å². The molecule has 0 atom stereocenters. The predicted octanol–water partition coefficient (Wildman–Crippen LogP) is 4.31. The molecule has 0 saturated carbocycles. The highest BCUT2D eigenvalue weighted by Crippen LogP contribution is 2.28. The van der Waals surface area contributed by atoms with E-state index >= 15 is 0 Å². The molecule has 0 saturated heterocycles. The van der Waals surface area contributed by atoms with E-state index in [0.717, 1.165) is 22.8 Å². The SMILES string of the molecule is Cc1cccc(-c2csc(Oc3ccccc3)n2)n1. The van der Waals surface area contributed by atoms with E-state index in [2.05, 4.69) is 9.97 Å². The summed E-state index contributed by atoms with van der Waals surface area (Å²) >= 11 is 1.47. The number of pyridine rings is 1. The van der Waals surface area contributed by atoms with E-state index in [9.17, 15) is 0 Å². The van der Waals surface area contributed by atoms with Gasteiger partial charge in [0.25, 0.3) is 5.19 Å². The number of nitrogens with zero attached hydrogens (tertiary/aromatic N) is 2. The Morgan fingerprint density at radius 3 is 2.53 bits per heavy atom. The third-order valence-corrected chi connectivity index (χ3v) is 3.30. The van der Waals surface area contributed by atoms with Crippen molar-refractivity contribution in [1.29, 1.82) is 0 Å². The lowest BCUT2D eigenvalue weighted by atomic mass is 10.3. The molecule has 94 valence electrons. The van der Waals surface area contributed by atoms with Crippen LogP contribution in [0.25, 0.3) is 11.4 Å². The lowest BCUT2D eigenvalue weighted by Crippen LogP contribution is -1.87. The van der Waals surface area contributed by atoms with Crippen molar-refractivity contribution in [1.82, 2.24) is 9.97 Å². The van der Waals surface area contributed by atoms with Crippen LogP contribution >= 0.6 is 11.3 Å². The molecule has 0 unspecified atom stereocenters. The second-order valence-corrected chi connectivity index (χ2v) is 4.90. The van der Waals surface area contributed by atoms with Crippen LogP contribution in [-0.2, 0) is 0 Å². The lowest BCUT2D eigenvalue weighted by molar-refractivity contribution is 0.479. The van der Waals surface area contributed by atoms with Crippen LogP contribution in [0.3, 0.4) is 0 Å². The van der Waals surface area contributed by atoms with Gasteiger partial charge < -0.3 is 4.74 Å². The van der Waals surface area contributed by atoms with Crippen molar-refractivity contribution in [2.45, 2.75) is 6.92 Å². The smallest absolute Gasteiger partial charge is 0.279 e. The van der Waals surface area contributed by atoms with Crippen molar-refractivity contribution in [3.63, 3.8) is 0 Å². The third kappa shape index (κ3) is 2.80. The average Bonchev–Trinajstić information content (AvgIpc) is 2.88. The second kappa shape index (κ2) is 5.20. The van der Waals surface area contributed by atoms with E-state index in [-0.39, 0.29) is 0 Å². The van der Waals surface area contributed by atoms with Crippen molar-refractivity contribution >= 4 is 11.3 Å². The molecule has 2 heterocycles. The van der Waals surface area contributed by atoms with E-state index < -0.39 is 0 Å². The molecular weight excluding hydrogens is 256 g/mol. The molecular formula is C15H12N2OS. The van der Waals surface area contributed by atoms with Crippen molar-refractivity contribution in [2.24, 2.45) is 0 Å². The molecule has 3 nitrogen and oxygen atoms in total. The summed E-state index contributed by atoms with van der Waals surface area (Å²) in [5, 5.41) is 2.59. The molecule has 0 aliphatic heterocycles. The van der Waals surface area contributed by atoms with Gasteiger partial charge in [-0.05, 0) is 31.2 Å². The number of hydrogen-bond donors (Lipinski definition) is 0. The number of para-hydroxylation sites is 1. The molecule has 3 aromatic rings. The summed E-state index contributed by atoms with van der Waals surface area (Å²) < 4.78 is 5.69. The quantitative estimate of drug-likeness (QED) is 0.710. The number of rotatable bonds is 3. The fraction of sp³-hybridized carbons (Fsp3) is 0.0667. The summed E-state index contributed by atoms with van der Waals surface area (Å²) in [6.07, 6.45) is 0. The Labute approximate surface area is 115 Å². The molecule has 1 aromatic carbocycles. The highest BCUT2D eigenvalue weighted by molar-refractivity contribution is 7.11. The number of thiazole rings is 1. The molecule has 0 aliphatic rings. The third-order valence-electron chi connectivity index (χ3n) is 2.58. The molecule has 19 heavy (non-hydrogen) atoms. The highest BCUT2D eigenvalue weighted by atomic mass is 32.1. The van der Waals surface area contributed by atoms with Crippen molar-refractivity contribution in [2.75, 3.05) is 0 Å². The van der Waals surface area contributed by atoms with Gasteiger partial charge >= 0.3 is 0 Å². The number of benzene rings is 1. The fourth-order valence-corrected chi connectivity index (χ4v) is 2.38. The molecule has 2 aromatic heterocycles. The first kappa shape index (κ1) is 11.9. The van der Waals surface area contributed by atoms with E-state index in [4.69, 9.17) is 4.74 Å². The van der Waals surface area contributed by atoms with E-state index in [1.54, 1.807) is 0 Å². The summed E-state index contributed by atoms with van der Waals surface area (Å²) in [6, 6.07) is 15.5. The van der Waals surface area contributed by atoms with Crippen LogP contribution < -0.4 is 4.74 Å². The van der Waals surface area contributed by atoms with Crippen molar-refractivity contribution < 1.29 is 4.74 Å². The highest BCUT2D eigenvalue weighted by Gasteiger charge is 2.07. The zero-order chi connectivity index (χ0) is 13.1. The molecule has 4 heteroatoms. The summed E-state index contributed by atoms with van der Waals surface area (Å²) in [7, 11) is 0. The predicted molar refractivity (Wildman–Crippen MR) is 76.6 cm³/mol. The van der Waals surface area contributed by atoms with Gasteiger partial charge in [0.2, 0.25) is 0 Å². The molecule has 0 spiro atoms. The van der Waals surface area contributed by atoms with Crippen LogP contribution in [0, 0.1) is 6.92 Å². The van der Waals surface area contributed by atoms with Crippen molar-refractivity contribution in [3.8, 4) is 22.3 Å². The molecule has 3 rings (SSSR count). The zero-order valence-corrected chi connectivity index (χ0v) is 11.2. The monoisotopic (exact) mass is 268 g/mol. The number of aryl methyl sites for hydroxylation is 1. The normalized spacial score (nSPS) is 10.4. The van der Waals surface area contributed by atoms with E-state index in [0.29, 0.717) is 5.19 Å². The van der Waals surface area contributed by atoms with Crippen LogP contribution in [-0.4, -0.2) is 9.97 Å². The second-order valence-electron chi connectivity index (χ2n) is 4.08. The molecule has 0 radical (unpaired) electrons. The first-order valence-corrected chi connectivity index (χ1v) is 6.82. The van der Waals surface area contributed by atoms with Gasteiger partial charge in [-0.1, -0.05) is 35.6 Å². The molecule has 0 bridgehead atoms. The maximum atomic E-state index is 5.69. The summed E-state index contributed by atoms with van der Waals surface area (Å²) in [4.78, 5) is 8.90. The minimum Gasteiger partial charge on any atom is -0.431 e. The van der Waals surface area contributed by atoms with Crippen LogP contribution in [0.2, 0.25) is 0 Å². The Balaban J connectivity index is 1.84.